The van der Waals surface area contributed by atoms with Crippen molar-refractivity contribution in [1.82, 2.24) is 20.0 Å². The van der Waals surface area contributed by atoms with Gasteiger partial charge in [-0.05, 0) is 38.3 Å². The Hall–Kier alpha value is -2.08. The van der Waals surface area contributed by atoms with Crippen LogP contribution in [0, 0.1) is 5.92 Å². The third kappa shape index (κ3) is 5.01. The molecule has 0 spiro atoms. The van der Waals surface area contributed by atoms with E-state index in [-0.39, 0.29) is 17.9 Å². The van der Waals surface area contributed by atoms with Crippen molar-refractivity contribution in [2.75, 3.05) is 40.3 Å². The minimum absolute atomic E-state index is 0.0537. The number of carbonyl (C=O) groups is 2. The van der Waals surface area contributed by atoms with E-state index in [4.69, 9.17) is 0 Å². The molecule has 0 saturated carbocycles. The fourth-order valence-corrected chi connectivity index (χ4v) is 4.16. The number of carbonyl (C=O) groups excluding carboxylic acids is 2. The Morgan fingerprint density at radius 1 is 1.07 bits per heavy atom. The quantitative estimate of drug-likeness (QED) is 0.881. The monoisotopic (exact) mass is 372 g/mol. The second kappa shape index (κ2) is 9.22. The average Bonchev–Trinajstić information content (AvgIpc) is 2.73. The summed E-state index contributed by atoms with van der Waals surface area (Å²) in [5.41, 5.74) is 1.13. The molecule has 148 valence electrons. The molecule has 1 N–H and O–H groups in total. The van der Waals surface area contributed by atoms with Gasteiger partial charge < -0.3 is 20.0 Å². The predicted molar refractivity (Wildman–Crippen MR) is 106 cm³/mol. The molecule has 1 aromatic carbocycles. The van der Waals surface area contributed by atoms with Crippen molar-refractivity contribution in [2.45, 2.75) is 38.3 Å². The minimum Gasteiger partial charge on any atom is -0.341 e. The molecular formula is C21H32N4O2. The number of likely N-dealkylation sites (tertiary alicyclic amines) is 2. The lowest BCUT2D eigenvalue weighted by Crippen LogP contribution is -2.51. The molecule has 1 unspecified atom stereocenters. The summed E-state index contributed by atoms with van der Waals surface area (Å²) in [5, 5.41) is 3.29. The van der Waals surface area contributed by atoms with Gasteiger partial charge >= 0.3 is 6.03 Å². The molecule has 1 aromatic rings. The fraction of sp³-hybridized carbons (Fsp3) is 0.619. The van der Waals surface area contributed by atoms with Crippen molar-refractivity contribution in [3.05, 3.63) is 35.9 Å². The van der Waals surface area contributed by atoms with Crippen molar-refractivity contribution in [1.29, 1.82) is 0 Å². The Morgan fingerprint density at radius 2 is 1.78 bits per heavy atom. The van der Waals surface area contributed by atoms with Crippen molar-refractivity contribution < 1.29 is 9.59 Å². The summed E-state index contributed by atoms with van der Waals surface area (Å²) in [6.07, 6.45) is 3.74. The predicted octanol–water partition coefficient (Wildman–Crippen LogP) is 2.16. The van der Waals surface area contributed by atoms with Crippen LogP contribution >= 0.6 is 0 Å². The number of hydrogen-bond acceptors (Lipinski definition) is 3. The molecule has 0 radical (unpaired) electrons. The zero-order valence-corrected chi connectivity index (χ0v) is 16.6. The first-order valence-electron chi connectivity index (χ1n) is 10.1. The fourth-order valence-electron chi connectivity index (χ4n) is 4.16. The van der Waals surface area contributed by atoms with Crippen LogP contribution in [0.15, 0.2) is 30.3 Å². The van der Waals surface area contributed by atoms with E-state index in [0.717, 1.165) is 44.3 Å². The van der Waals surface area contributed by atoms with Crippen molar-refractivity contribution in [3.8, 4) is 0 Å². The van der Waals surface area contributed by atoms with Crippen LogP contribution in [0.4, 0.5) is 4.79 Å². The third-order valence-corrected chi connectivity index (χ3v) is 5.85. The number of rotatable bonds is 4. The van der Waals surface area contributed by atoms with Crippen LogP contribution in [0.2, 0.25) is 0 Å². The smallest absolute Gasteiger partial charge is 0.320 e. The van der Waals surface area contributed by atoms with Gasteiger partial charge in [-0.15, -0.1) is 0 Å². The molecular weight excluding hydrogens is 340 g/mol. The first kappa shape index (κ1) is 19.7. The van der Waals surface area contributed by atoms with Gasteiger partial charge in [0.25, 0.3) is 0 Å². The van der Waals surface area contributed by atoms with Crippen LogP contribution in [0.25, 0.3) is 0 Å². The summed E-state index contributed by atoms with van der Waals surface area (Å²) in [5.74, 6) is 0.337. The summed E-state index contributed by atoms with van der Waals surface area (Å²) in [7, 11) is 3.81. The zero-order chi connectivity index (χ0) is 19.2. The van der Waals surface area contributed by atoms with Crippen molar-refractivity contribution in [2.24, 2.45) is 5.92 Å². The van der Waals surface area contributed by atoms with Crippen LogP contribution in [-0.4, -0.2) is 73.0 Å². The lowest BCUT2D eigenvalue weighted by atomic mass is 9.94. The largest absolute Gasteiger partial charge is 0.341 e. The van der Waals surface area contributed by atoms with Crippen LogP contribution in [-0.2, 0) is 11.3 Å². The van der Waals surface area contributed by atoms with Crippen molar-refractivity contribution >= 4 is 11.9 Å². The van der Waals surface area contributed by atoms with Gasteiger partial charge in [0, 0.05) is 51.7 Å². The van der Waals surface area contributed by atoms with Gasteiger partial charge in [-0.1, -0.05) is 30.3 Å². The summed E-state index contributed by atoms with van der Waals surface area (Å²) >= 11 is 0. The van der Waals surface area contributed by atoms with Gasteiger partial charge in [0.1, 0.15) is 0 Å². The van der Waals surface area contributed by atoms with Crippen LogP contribution in [0.1, 0.15) is 31.2 Å². The van der Waals surface area contributed by atoms with E-state index < -0.39 is 0 Å². The lowest BCUT2D eigenvalue weighted by Gasteiger charge is -2.38. The highest BCUT2D eigenvalue weighted by Gasteiger charge is 2.32. The number of amides is 3. The summed E-state index contributed by atoms with van der Waals surface area (Å²) in [6.45, 7) is 3.62. The topological polar surface area (TPSA) is 55.9 Å². The van der Waals surface area contributed by atoms with E-state index in [1.807, 2.05) is 54.2 Å². The molecule has 0 aliphatic carbocycles. The Labute approximate surface area is 162 Å². The Morgan fingerprint density at radius 3 is 2.44 bits per heavy atom. The molecule has 27 heavy (non-hydrogen) atoms. The molecule has 3 rings (SSSR count). The number of nitrogens with one attached hydrogen (secondary N) is 1. The number of nitrogens with zero attached hydrogens (tertiary/aromatic N) is 3. The molecule has 0 aromatic heterocycles. The van der Waals surface area contributed by atoms with Crippen molar-refractivity contribution in [3.63, 3.8) is 0 Å². The van der Waals surface area contributed by atoms with E-state index in [2.05, 4.69) is 5.32 Å². The standard InChI is InChI=1S/C21H32N4O2/c1-22-19-9-6-12-25(16-19)20(26)18-10-13-24(14-11-18)21(27)23(2)15-17-7-4-3-5-8-17/h3-5,7-8,18-19,22H,6,9-16H2,1-2H3. The van der Waals surface area contributed by atoms with Gasteiger partial charge in [-0.2, -0.15) is 0 Å². The Kier molecular flexibility index (Phi) is 6.72. The highest BCUT2D eigenvalue weighted by molar-refractivity contribution is 5.80. The highest BCUT2D eigenvalue weighted by Crippen LogP contribution is 2.23. The van der Waals surface area contributed by atoms with Gasteiger partial charge in [-0.3, -0.25) is 4.79 Å². The zero-order valence-electron chi connectivity index (χ0n) is 16.6. The molecule has 2 aliphatic rings. The number of piperidine rings is 2. The van der Waals surface area contributed by atoms with Gasteiger partial charge in [0.05, 0.1) is 0 Å². The number of urea groups is 1. The summed E-state index contributed by atoms with van der Waals surface area (Å²) < 4.78 is 0. The average molecular weight is 373 g/mol. The summed E-state index contributed by atoms with van der Waals surface area (Å²) in [4.78, 5) is 31.2. The first-order chi connectivity index (χ1) is 13.1. The third-order valence-electron chi connectivity index (χ3n) is 5.85. The Bertz CT molecular complexity index is 628. The Balaban J connectivity index is 1.48. The molecule has 3 amide bonds. The van der Waals surface area contributed by atoms with E-state index in [1.165, 1.54) is 0 Å². The maximum atomic E-state index is 12.9. The second-order valence-corrected chi connectivity index (χ2v) is 7.80. The van der Waals surface area contributed by atoms with Crippen LogP contribution in [0.5, 0.6) is 0 Å². The van der Waals surface area contributed by atoms with Gasteiger partial charge in [0.15, 0.2) is 0 Å². The molecule has 2 saturated heterocycles. The molecule has 1 atom stereocenters. The van der Waals surface area contributed by atoms with E-state index in [9.17, 15) is 9.59 Å². The number of hydrogen-bond donors (Lipinski definition) is 1. The minimum atomic E-state index is 0.0537. The molecule has 2 heterocycles. The molecule has 6 heteroatoms. The molecule has 2 fully saturated rings. The van der Waals surface area contributed by atoms with E-state index >= 15 is 0 Å². The van der Waals surface area contributed by atoms with Crippen LogP contribution in [0.3, 0.4) is 0 Å². The van der Waals surface area contributed by atoms with Gasteiger partial charge in [0.2, 0.25) is 5.91 Å². The summed E-state index contributed by atoms with van der Waals surface area (Å²) in [6, 6.07) is 10.5. The number of likely N-dealkylation sites (N-methyl/N-ethyl adjacent to an activating group) is 1. The molecule has 0 bridgehead atoms. The molecule has 6 nitrogen and oxygen atoms in total. The SMILES string of the molecule is CNC1CCCN(C(=O)C2CCN(C(=O)N(C)Cc3ccccc3)CC2)C1. The maximum absolute atomic E-state index is 12.9. The van der Waals surface area contributed by atoms with E-state index in [0.29, 0.717) is 25.7 Å². The first-order valence-corrected chi connectivity index (χ1v) is 10.1. The van der Waals surface area contributed by atoms with E-state index in [1.54, 1.807) is 4.90 Å². The normalized spacial score (nSPS) is 21.2. The highest BCUT2D eigenvalue weighted by atomic mass is 16.2. The lowest BCUT2D eigenvalue weighted by molar-refractivity contribution is -0.138. The molecule has 2 aliphatic heterocycles. The van der Waals surface area contributed by atoms with Crippen LogP contribution < -0.4 is 5.32 Å². The maximum Gasteiger partial charge on any atom is 0.320 e. The van der Waals surface area contributed by atoms with Gasteiger partial charge in [-0.25, -0.2) is 4.79 Å². The second-order valence-electron chi connectivity index (χ2n) is 7.80. The number of benzene rings is 1.